The number of sulfone groups is 1. The predicted octanol–water partition coefficient (Wildman–Crippen LogP) is 1.93. The van der Waals surface area contributed by atoms with Crippen LogP contribution in [0.5, 0.6) is 0 Å². The van der Waals surface area contributed by atoms with E-state index in [2.05, 4.69) is 45.0 Å². The zero-order valence-electron chi connectivity index (χ0n) is 14.6. The molecule has 0 unspecified atom stereocenters. The molecule has 0 atom stereocenters. The largest absolute Gasteiger partial charge is 0.337 e. The van der Waals surface area contributed by atoms with Gasteiger partial charge in [-0.3, -0.25) is 5.32 Å². The number of fused-ring (bicyclic) bond motifs is 1. The van der Waals surface area contributed by atoms with Crippen LogP contribution in [0.15, 0.2) is 28.8 Å². The number of carbonyl (C=O) groups excluding carboxylic acids is 1. The first kappa shape index (κ1) is 18.4. The minimum Gasteiger partial charge on any atom is -0.337 e. The van der Waals surface area contributed by atoms with Gasteiger partial charge in [-0.25, -0.2) is 13.2 Å². The van der Waals surface area contributed by atoms with Crippen LogP contribution >= 0.6 is 0 Å². The van der Waals surface area contributed by atoms with Gasteiger partial charge in [-0.15, -0.1) is 0 Å². The molecule has 0 spiro atoms. The average Bonchev–Trinajstić information content (AvgIpc) is 2.88. The molecule has 1 heterocycles. The van der Waals surface area contributed by atoms with Gasteiger partial charge in [0.1, 0.15) is 5.75 Å². The van der Waals surface area contributed by atoms with E-state index in [4.69, 9.17) is 4.52 Å². The lowest BCUT2D eigenvalue weighted by atomic mass is 10.00. The lowest BCUT2D eigenvalue weighted by Crippen LogP contribution is -2.33. The molecule has 2 N–H and O–H groups in total. The van der Waals surface area contributed by atoms with Crippen molar-refractivity contribution < 1.29 is 17.7 Å². The van der Waals surface area contributed by atoms with Crippen molar-refractivity contribution in [3.63, 3.8) is 0 Å². The van der Waals surface area contributed by atoms with Crippen molar-refractivity contribution in [2.75, 3.05) is 18.1 Å². The quantitative estimate of drug-likeness (QED) is 0.769. The summed E-state index contributed by atoms with van der Waals surface area (Å²) in [4.78, 5) is 15.8. The van der Waals surface area contributed by atoms with E-state index in [-0.39, 0.29) is 17.6 Å². The second-order valence-electron chi connectivity index (χ2n) is 6.63. The lowest BCUT2D eigenvalue weighted by molar-refractivity contribution is 0.248. The second kappa shape index (κ2) is 7.86. The number of urea groups is 1. The topological polar surface area (TPSA) is 114 Å². The predicted molar refractivity (Wildman–Crippen MR) is 96.4 cm³/mol. The molecule has 0 saturated carbocycles. The minimum atomic E-state index is -3.26. The van der Waals surface area contributed by atoms with Crippen LogP contribution in [0.4, 0.5) is 10.8 Å². The molecule has 0 bridgehead atoms. The van der Waals surface area contributed by atoms with Crippen molar-refractivity contribution in [2.24, 2.45) is 5.92 Å². The van der Waals surface area contributed by atoms with E-state index in [0.717, 1.165) is 31.9 Å². The fraction of sp³-hybridized carbons (Fsp3) is 0.471. The maximum absolute atomic E-state index is 12.0. The Morgan fingerprint density at radius 3 is 2.50 bits per heavy atom. The third kappa shape index (κ3) is 5.29. The van der Waals surface area contributed by atoms with Crippen LogP contribution in [-0.2, 0) is 28.4 Å². The van der Waals surface area contributed by atoms with Crippen molar-refractivity contribution in [3.05, 3.63) is 41.2 Å². The maximum atomic E-state index is 12.0. The number of nitrogens with one attached hydrogen (secondary N) is 2. The molecule has 8 nitrogen and oxygen atoms in total. The number of rotatable bonds is 5. The van der Waals surface area contributed by atoms with Gasteiger partial charge in [-0.1, -0.05) is 29.4 Å². The van der Waals surface area contributed by atoms with Gasteiger partial charge in [0.15, 0.2) is 15.7 Å². The number of carbonyl (C=O) groups is 1. The van der Waals surface area contributed by atoms with Crippen molar-refractivity contribution in [1.82, 2.24) is 15.5 Å². The lowest BCUT2D eigenvalue weighted by Gasteiger charge is -2.14. The number of aryl methyl sites for hydroxylation is 2. The van der Waals surface area contributed by atoms with Gasteiger partial charge in [0.2, 0.25) is 0 Å². The summed E-state index contributed by atoms with van der Waals surface area (Å²) < 4.78 is 27.2. The molecular formula is C17H22N4O4S. The first-order valence-corrected chi connectivity index (χ1v) is 10.6. The number of benzene rings is 1. The Kier molecular flexibility index (Phi) is 5.55. The molecule has 1 aliphatic rings. The van der Waals surface area contributed by atoms with E-state index in [1.807, 2.05) is 0 Å². The van der Waals surface area contributed by atoms with E-state index in [9.17, 15) is 13.2 Å². The molecule has 3 rings (SSSR count). The van der Waals surface area contributed by atoms with Crippen molar-refractivity contribution in [1.29, 1.82) is 0 Å². The van der Waals surface area contributed by atoms with Gasteiger partial charge < -0.3 is 9.84 Å². The van der Waals surface area contributed by atoms with E-state index >= 15 is 0 Å². The van der Waals surface area contributed by atoms with E-state index in [0.29, 0.717) is 12.5 Å². The molecule has 1 aromatic heterocycles. The Balaban J connectivity index is 1.46. The Bertz CT molecular complexity index is 851. The summed E-state index contributed by atoms with van der Waals surface area (Å²) in [6.45, 7) is 0.560. The fourth-order valence-electron chi connectivity index (χ4n) is 3.09. The molecule has 9 heteroatoms. The first-order chi connectivity index (χ1) is 12.4. The fourth-order valence-corrected chi connectivity index (χ4v) is 3.68. The van der Waals surface area contributed by atoms with Crippen molar-refractivity contribution >= 4 is 21.9 Å². The third-order valence-electron chi connectivity index (χ3n) is 4.39. The molecule has 140 valence electrons. The van der Waals surface area contributed by atoms with Crippen LogP contribution in [0.25, 0.3) is 0 Å². The van der Waals surface area contributed by atoms with Crippen LogP contribution in [-0.4, -0.2) is 37.4 Å². The van der Waals surface area contributed by atoms with E-state index in [1.54, 1.807) is 0 Å². The number of amides is 2. The number of nitrogens with zero attached hydrogens (tertiary/aromatic N) is 2. The van der Waals surface area contributed by atoms with Crippen LogP contribution < -0.4 is 10.6 Å². The maximum Gasteiger partial charge on any atom is 0.329 e. The standard InChI is InChI=1S/C17H22N4O4S/c1-26(23,24)11-15-19-17(25-21-15)20-16(22)18-10-12-6-8-13-4-2-3-5-14(13)9-7-12/h2-5,12H,6-11H2,1H3,(H2,18,19,20,21,22). The summed E-state index contributed by atoms with van der Waals surface area (Å²) >= 11 is 0. The minimum absolute atomic E-state index is 0.0179. The monoisotopic (exact) mass is 378 g/mol. The molecule has 0 aliphatic heterocycles. The molecule has 26 heavy (non-hydrogen) atoms. The average molecular weight is 378 g/mol. The number of aromatic nitrogens is 2. The van der Waals surface area contributed by atoms with E-state index in [1.165, 1.54) is 11.1 Å². The Hall–Kier alpha value is -2.42. The Morgan fingerprint density at radius 2 is 1.88 bits per heavy atom. The summed E-state index contributed by atoms with van der Waals surface area (Å²) in [5.41, 5.74) is 2.78. The summed E-state index contributed by atoms with van der Waals surface area (Å²) in [6, 6.07) is 7.90. The van der Waals surface area contributed by atoms with Crippen LogP contribution in [0.2, 0.25) is 0 Å². The smallest absolute Gasteiger partial charge is 0.329 e. The SMILES string of the molecule is CS(=O)(=O)Cc1noc(NC(=O)NCC2CCc3ccccc3CC2)n1. The van der Waals surface area contributed by atoms with Gasteiger partial charge >= 0.3 is 12.0 Å². The number of hydrogen-bond donors (Lipinski definition) is 2. The molecule has 1 aliphatic carbocycles. The van der Waals surface area contributed by atoms with Crippen LogP contribution in [0.1, 0.15) is 29.8 Å². The highest BCUT2D eigenvalue weighted by atomic mass is 32.2. The molecule has 2 aromatic rings. The van der Waals surface area contributed by atoms with E-state index < -0.39 is 15.9 Å². The zero-order valence-corrected chi connectivity index (χ0v) is 15.4. The summed E-state index contributed by atoms with van der Waals surface area (Å²) in [5.74, 6) is 0.0866. The highest BCUT2D eigenvalue weighted by Crippen LogP contribution is 2.24. The molecule has 0 saturated heterocycles. The van der Waals surface area contributed by atoms with Gasteiger partial charge in [0.25, 0.3) is 0 Å². The van der Waals surface area contributed by atoms with Crippen LogP contribution in [0.3, 0.4) is 0 Å². The summed E-state index contributed by atoms with van der Waals surface area (Å²) in [6.07, 6.45) is 5.16. The van der Waals surface area contributed by atoms with Gasteiger partial charge in [0.05, 0.1) is 0 Å². The number of anilines is 1. The number of hydrogen-bond acceptors (Lipinski definition) is 6. The molecule has 0 fully saturated rings. The van der Waals surface area contributed by atoms with Crippen molar-refractivity contribution in [3.8, 4) is 0 Å². The highest BCUT2D eigenvalue weighted by Gasteiger charge is 2.18. The normalized spacial score (nSPS) is 15.1. The summed E-state index contributed by atoms with van der Waals surface area (Å²) in [5, 5.41) is 8.78. The molecule has 2 amide bonds. The Labute approximate surface area is 152 Å². The van der Waals surface area contributed by atoms with Crippen LogP contribution in [0, 0.1) is 5.92 Å². The van der Waals surface area contributed by atoms with Gasteiger partial charge in [0, 0.05) is 12.8 Å². The van der Waals surface area contributed by atoms with Crippen molar-refractivity contribution in [2.45, 2.75) is 31.4 Å². The molecular weight excluding hydrogens is 356 g/mol. The summed E-state index contributed by atoms with van der Waals surface area (Å²) in [7, 11) is -3.26. The first-order valence-electron chi connectivity index (χ1n) is 8.51. The molecule has 1 aromatic carbocycles. The molecule has 0 radical (unpaired) electrons. The van der Waals surface area contributed by atoms with Gasteiger partial charge in [-0.05, 0) is 42.7 Å². The highest BCUT2D eigenvalue weighted by molar-refractivity contribution is 7.89. The zero-order chi connectivity index (χ0) is 18.6. The second-order valence-corrected chi connectivity index (χ2v) is 8.77. The van der Waals surface area contributed by atoms with Gasteiger partial charge in [-0.2, -0.15) is 4.98 Å². The Morgan fingerprint density at radius 1 is 1.23 bits per heavy atom. The third-order valence-corrected chi connectivity index (χ3v) is 5.18.